The van der Waals surface area contributed by atoms with E-state index in [1.807, 2.05) is 18.2 Å². The molecule has 154 valence electrons. The smallest absolute Gasteiger partial charge is 0.414 e. The van der Waals surface area contributed by atoms with E-state index < -0.39 is 11.9 Å². The van der Waals surface area contributed by atoms with Gasteiger partial charge in [-0.25, -0.2) is 9.59 Å². The highest BCUT2D eigenvalue weighted by atomic mass is 16.5. The summed E-state index contributed by atoms with van der Waals surface area (Å²) in [6, 6.07) is 16.7. The van der Waals surface area contributed by atoms with Crippen molar-refractivity contribution in [2.45, 2.75) is 33.2 Å². The first-order valence-electron chi connectivity index (χ1n) is 9.21. The molecular weight excluding hydrogens is 370 g/mol. The zero-order chi connectivity index (χ0) is 21.6. The van der Waals surface area contributed by atoms with E-state index in [9.17, 15) is 0 Å². The Hall–Kier alpha value is -3.30. The molecule has 0 aliphatic carbocycles. The van der Waals surface area contributed by atoms with Crippen LogP contribution in [0.5, 0.6) is 5.75 Å². The molecule has 3 N–H and O–H groups in total. The minimum Gasteiger partial charge on any atom is -0.481 e. The summed E-state index contributed by atoms with van der Waals surface area (Å²) in [6.07, 6.45) is 0. The van der Waals surface area contributed by atoms with E-state index in [1.54, 1.807) is 0 Å². The van der Waals surface area contributed by atoms with Crippen molar-refractivity contribution in [2.24, 2.45) is 0 Å². The van der Waals surface area contributed by atoms with Crippen LogP contribution in [0.2, 0.25) is 0 Å². The molecule has 0 saturated heterocycles. The number of aliphatic carboxylic acids is 2. The van der Waals surface area contributed by atoms with Crippen molar-refractivity contribution in [2.75, 3.05) is 13.2 Å². The predicted octanol–water partition coefficient (Wildman–Crippen LogP) is 3.45. The lowest BCUT2D eigenvalue weighted by atomic mass is 10.0. The van der Waals surface area contributed by atoms with Gasteiger partial charge in [-0.05, 0) is 35.6 Å². The standard InChI is InChI=1S/C21H25NO.C2H2O4/c1-17(2)20-12-11-18(3)15-21(20)23-14-8-7-13-22-16-19-9-5-4-6-10-19;3-1(4)2(5)6/h4-6,9-12,15,17,22H,13-14,16H2,1-3H3;(H,3,4)(H,5,6). The normalized spacial score (nSPS) is 9.66. The highest BCUT2D eigenvalue weighted by Gasteiger charge is 2.07. The summed E-state index contributed by atoms with van der Waals surface area (Å²) >= 11 is 0. The molecule has 0 saturated carbocycles. The number of ether oxygens (including phenoxy) is 1. The summed E-state index contributed by atoms with van der Waals surface area (Å²) in [5.41, 5.74) is 3.72. The van der Waals surface area contributed by atoms with Crippen LogP contribution in [-0.4, -0.2) is 35.3 Å². The van der Waals surface area contributed by atoms with Gasteiger partial charge in [0.1, 0.15) is 12.4 Å². The molecule has 0 spiro atoms. The third-order valence-corrected chi connectivity index (χ3v) is 3.78. The number of hydrogen-bond acceptors (Lipinski definition) is 4. The Labute approximate surface area is 171 Å². The van der Waals surface area contributed by atoms with Gasteiger partial charge in [-0.1, -0.05) is 68.2 Å². The fourth-order valence-corrected chi connectivity index (χ4v) is 2.34. The minimum absolute atomic E-state index is 0.427. The van der Waals surface area contributed by atoms with Gasteiger partial charge in [-0.3, -0.25) is 0 Å². The first-order valence-corrected chi connectivity index (χ1v) is 9.21. The molecule has 0 atom stereocenters. The van der Waals surface area contributed by atoms with Gasteiger partial charge in [-0.15, -0.1) is 0 Å². The fraction of sp³-hybridized carbons (Fsp3) is 0.304. The van der Waals surface area contributed by atoms with E-state index in [2.05, 4.69) is 68.3 Å². The van der Waals surface area contributed by atoms with Crippen LogP contribution >= 0.6 is 0 Å². The quantitative estimate of drug-likeness (QED) is 0.393. The van der Waals surface area contributed by atoms with Gasteiger partial charge in [0.05, 0.1) is 6.54 Å². The van der Waals surface area contributed by atoms with E-state index in [1.165, 1.54) is 16.7 Å². The molecule has 6 heteroatoms. The van der Waals surface area contributed by atoms with E-state index in [-0.39, 0.29) is 0 Å². The maximum absolute atomic E-state index is 9.10. The van der Waals surface area contributed by atoms with E-state index >= 15 is 0 Å². The number of carboxylic acids is 2. The number of aryl methyl sites for hydroxylation is 1. The topological polar surface area (TPSA) is 95.9 Å². The Balaban J connectivity index is 0.000000612. The van der Waals surface area contributed by atoms with Crippen LogP contribution < -0.4 is 10.1 Å². The zero-order valence-electron chi connectivity index (χ0n) is 16.9. The third kappa shape index (κ3) is 9.99. The second-order valence-corrected chi connectivity index (χ2v) is 6.54. The Morgan fingerprint density at radius 3 is 2.28 bits per heavy atom. The van der Waals surface area contributed by atoms with Gasteiger partial charge >= 0.3 is 11.9 Å². The van der Waals surface area contributed by atoms with Crippen molar-refractivity contribution in [1.82, 2.24) is 5.32 Å². The van der Waals surface area contributed by atoms with Crippen LogP contribution in [0.25, 0.3) is 0 Å². The monoisotopic (exact) mass is 397 g/mol. The van der Waals surface area contributed by atoms with Crippen LogP contribution in [0, 0.1) is 18.8 Å². The van der Waals surface area contributed by atoms with Gasteiger partial charge in [0.2, 0.25) is 0 Å². The molecule has 2 rings (SSSR count). The molecule has 0 aliphatic rings. The lowest BCUT2D eigenvalue weighted by Crippen LogP contribution is -2.13. The Morgan fingerprint density at radius 2 is 1.69 bits per heavy atom. The molecule has 29 heavy (non-hydrogen) atoms. The van der Waals surface area contributed by atoms with Crippen molar-refractivity contribution >= 4 is 11.9 Å². The number of hydrogen-bond donors (Lipinski definition) is 3. The summed E-state index contributed by atoms with van der Waals surface area (Å²) in [5, 5.41) is 18.1. The lowest BCUT2D eigenvalue weighted by molar-refractivity contribution is -0.159. The van der Waals surface area contributed by atoms with Crippen molar-refractivity contribution in [3.8, 4) is 17.6 Å². The number of carboxylic acid groups (broad SMARTS) is 2. The molecule has 0 bridgehead atoms. The van der Waals surface area contributed by atoms with Gasteiger partial charge in [-0.2, -0.15) is 0 Å². The second kappa shape index (κ2) is 13.0. The first kappa shape index (κ1) is 23.7. The first-order chi connectivity index (χ1) is 13.8. The molecule has 6 nitrogen and oxygen atoms in total. The molecule has 0 amide bonds. The minimum atomic E-state index is -1.82. The Bertz CT molecular complexity index is 839. The van der Waals surface area contributed by atoms with Crippen molar-refractivity contribution in [1.29, 1.82) is 0 Å². The number of nitrogens with one attached hydrogen (secondary N) is 1. The van der Waals surface area contributed by atoms with Gasteiger partial charge in [0.25, 0.3) is 0 Å². The van der Waals surface area contributed by atoms with E-state index in [4.69, 9.17) is 24.5 Å². The number of rotatable bonds is 6. The molecular formula is C23H27NO5. The molecule has 2 aromatic rings. The maximum atomic E-state index is 9.10. The van der Waals surface area contributed by atoms with Gasteiger partial charge in [0.15, 0.2) is 0 Å². The van der Waals surface area contributed by atoms with Crippen molar-refractivity contribution in [3.63, 3.8) is 0 Å². The summed E-state index contributed by atoms with van der Waals surface area (Å²) in [7, 11) is 0. The number of carbonyl (C=O) groups is 2. The molecule has 0 aliphatic heterocycles. The summed E-state index contributed by atoms with van der Waals surface area (Å²) < 4.78 is 5.84. The molecule has 0 unspecified atom stereocenters. The summed E-state index contributed by atoms with van der Waals surface area (Å²) in [6.45, 7) is 8.37. The van der Waals surface area contributed by atoms with Crippen molar-refractivity contribution in [3.05, 3.63) is 65.2 Å². The maximum Gasteiger partial charge on any atom is 0.414 e. The third-order valence-electron chi connectivity index (χ3n) is 3.78. The highest BCUT2D eigenvalue weighted by molar-refractivity contribution is 6.27. The largest absolute Gasteiger partial charge is 0.481 e. The average Bonchev–Trinajstić information content (AvgIpc) is 2.68. The van der Waals surface area contributed by atoms with Crippen LogP contribution in [0.4, 0.5) is 0 Å². The molecule has 2 aromatic carbocycles. The predicted molar refractivity (Wildman–Crippen MR) is 112 cm³/mol. The fourth-order valence-electron chi connectivity index (χ4n) is 2.34. The van der Waals surface area contributed by atoms with Crippen molar-refractivity contribution < 1.29 is 24.5 Å². The van der Waals surface area contributed by atoms with Crippen LogP contribution in [-0.2, 0) is 16.1 Å². The average molecular weight is 397 g/mol. The number of benzene rings is 2. The zero-order valence-corrected chi connectivity index (χ0v) is 16.9. The second-order valence-electron chi connectivity index (χ2n) is 6.54. The summed E-state index contributed by atoms with van der Waals surface area (Å²) in [5.74, 6) is 3.93. The molecule has 0 radical (unpaired) electrons. The van der Waals surface area contributed by atoms with E-state index in [0.29, 0.717) is 19.1 Å². The molecule has 0 aromatic heterocycles. The SMILES string of the molecule is Cc1ccc(C(C)C)c(OCC#CCNCc2ccccc2)c1.O=C(O)C(=O)O. The van der Waals surface area contributed by atoms with Crippen LogP contribution in [0.1, 0.15) is 36.5 Å². The van der Waals surface area contributed by atoms with Gasteiger partial charge in [0, 0.05) is 6.54 Å². The Morgan fingerprint density at radius 1 is 1.03 bits per heavy atom. The highest BCUT2D eigenvalue weighted by Crippen LogP contribution is 2.27. The van der Waals surface area contributed by atoms with Crippen LogP contribution in [0.3, 0.4) is 0 Å². The van der Waals surface area contributed by atoms with Gasteiger partial charge < -0.3 is 20.3 Å². The summed E-state index contributed by atoms with van der Waals surface area (Å²) in [4.78, 5) is 18.2. The Kier molecular flexibility index (Phi) is 10.6. The molecule has 0 heterocycles. The molecule has 0 fully saturated rings. The lowest BCUT2D eigenvalue weighted by Gasteiger charge is -2.13. The van der Waals surface area contributed by atoms with E-state index in [0.717, 1.165) is 12.3 Å². The van der Waals surface area contributed by atoms with Crippen LogP contribution in [0.15, 0.2) is 48.5 Å².